The number of nitrogens with zero attached hydrogens (tertiary/aromatic N) is 2. The van der Waals surface area contributed by atoms with Crippen LogP contribution in [0.2, 0.25) is 15.1 Å². The quantitative estimate of drug-likeness (QED) is 0.499. The molecule has 1 atom stereocenters. The zero-order valence-corrected chi connectivity index (χ0v) is 19.8. The molecule has 162 valence electrons. The summed E-state index contributed by atoms with van der Waals surface area (Å²) in [6.45, 7) is 6.51. The van der Waals surface area contributed by atoms with E-state index in [2.05, 4.69) is 34.2 Å². The van der Waals surface area contributed by atoms with E-state index < -0.39 is 0 Å². The van der Waals surface area contributed by atoms with Crippen LogP contribution in [0, 0.1) is 0 Å². The lowest BCUT2D eigenvalue weighted by molar-refractivity contribution is 0.148. The lowest BCUT2D eigenvalue weighted by Gasteiger charge is -2.41. The normalized spacial score (nSPS) is 19.7. The van der Waals surface area contributed by atoms with E-state index in [0.29, 0.717) is 10.0 Å². The highest BCUT2D eigenvalue weighted by molar-refractivity contribution is 6.35. The van der Waals surface area contributed by atoms with E-state index in [4.69, 9.17) is 34.8 Å². The Morgan fingerprint density at radius 3 is 2.30 bits per heavy atom. The average molecular weight is 467 g/mol. The highest BCUT2D eigenvalue weighted by atomic mass is 35.5. The van der Waals surface area contributed by atoms with Crippen molar-refractivity contribution in [1.29, 1.82) is 0 Å². The highest BCUT2D eigenvalue weighted by Gasteiger charge is 2.25. The Morgan fingerprint density at radius 2 is 1.60 bits per heavy atom. The van der Waals surface area contributed by atoms with Crippen molar-refractivity contribution in [2.45, 2.75) is 51.1 Å². The van der Waals surface area contributed by atoms with Gasteiger partial charge < -0.3 is 10.2 Å². The number of anilines is 2. The van der Waals surface area contributed by atoms with Gasteiger partial charge in [-0.25, -0.2) is 0 Å². The van der Waals surface area contributed by atoms with Crippen molar-refractivity contribution in [3.63, 3.8) is 0 Å². The summed E-state index contributed by atoms with van der Waals surface area (Å²) in [4.78, 5) is 5.18. The molecule has 4 rings (SSSR count). The first kappa shape index (κ1) is 22.1. The second-order valence-corrected chi connectivity index (χ2v) is 9.76. The van der Waals surface area contributed by atoms with Gasteiger partial charge in [-0.2, -0.15) is 0 Å². The van der Waals surface area contributed by atoms with Crippen LogP contribution in [-0.2, 0) is 0 Å². The minimum Gasteiger partial charge on any atom is -0.377 e. The standard InChI is InChI=1S/C24H30Cl3N3/c1-17(21-9-7-18(25)15-23(21)27)28-24-16-20(8-10-22(24)26)30-13-11-29(12-14-30)19-5-3-2-4-6-19/h7-10,15-17,19,28H,2-6,11-14H2,1H3. The molecule has 0 bridgehead atoms. The second kappa shape index (κ2) is 9.99. The van der Waals surface area contributed by atoms with E-state index in [-0.39, 0.29) is 6.04 Å². The van der Waals surface area contributed by atoms with Gasteiger partial charge in [-0.3, -0.25) is 4.90 Å². The van der Waals surface area contributed by atoms with E-state index in [1.807, 2.05) is 18.2 Å². The van der Waals surface area contributed by atoms with Crippen LogP contribution < -0.4 is 10.2 Å². The van der Waals surface area contributed by atoms with Crippen molar-refractivity contribution in [3.05, 3.63) is 57.0 Å². The Kier molecular flexibility index (Phi) is 7.36. The van der Waals surface area contributed by atoms with Crippen LogP contribution in [0.1, 0.15) is 50.6 Å². The molecule has 0 aromatic heterocycles. The maximum absolute atomic E-state index is 6.51. The molecule has 1 unspecified atom stereocenters. The zero-order valence-electron chi connectivity index (χ0n) is 17.5. The lowest BCUT2D eigenvalue weighted by atomic mass is 9.94. The first-order chi connectivity index (χ1) is 14.5. The molecule has 1 saturated heterocycles. The number of piperazine rings is 1. The van der Waals surface area contributed by atoms with E-state index in [1.54, 1.807) is 6.07 Å². The fourth-order valence-electron chi connectivity index (χ4n) is 4.78. The Hall–Kier alpha value is -1.13. The molecule has 2 aromatic carbocycles. The molecule has 2 aliphatic rings. The third-order valence-electron chi connectivity index (χ3n) is 6.52. The van der Waals surface area contributed by atoms with Crippen molar-refractivity contribution in [2.75, 3.05) is 36.4 Å². The third-order valence-corrected chi connectivity index (χ3v) is 7.41. The van der Waals surface area contributed by atoms with Gasteiger partial charge in [-0.1, -0.05) is 60.1 Å². The summed E-state index contributed by atoms with van der Waals surface area (Å²) in [7, 11) is 0. The summed E-state index contributed by atoms with van der Waals surface area (Å²) >= 11 is 18.9. The van der Waals surface area contributed by atoms with Gasteiger partial charge in [-0.05, 0) is 55.7 Å². The Balaban J connectivity index is 1.42. The molecule has 1 aliphatic carbocycles. The third kappa shape index (κ3) is 5.19. The fraction of sp³-hybridized carbons (Fsp3) is 0.500. The first-order valence-corrected chi connectivity index (χ1v) is 12.1. The van der Waals surface area contributed by atoms with E-state index in [0.717, 1.165) is 48.5 Å². The van der Waals surface area contributed by atoms with Gasteiger partial charge in [-0.15, -0.1) is 0 Å². The topological polar surface area (TPSA) is 18.5 Å². The largest absolute Gasteiger partial charge is 0.377 e. The highest BCUT2D eigenvalue weighted by Crippen LogP contribution is 2.34. The van der Waals surface area contributed by atoms with Gasteiger partial charge in [0.1, 0.15) is 0 Å². The predicted molar refractivity (Wildman–Crippen MR) is 131 cm³/mol. The predicted octanol–water partition coefficient (Wildman–Crippen LogP) is 7.27. The summed E-state index contributed by atoms with van der Waals surface area (Å²) in [5, 5.41) is 5.55. The maximum atomic E-state index is 6.51. The SMILES string of the molecule is CC(Nc1cc(N2CCN(C3CCCCC3)CC2)ccc1Cl)c1ccc(Cl)cc1Cl. The van der Waals surface area contributed by atoms with Gasteiger partial charge in [0.25, 0.3) is 0 Å². The minimum absolute atomic E-state index is 0.0191. The molecule has 1 aliphatic heterocycles. The number of hydrogen-bond acceptors (Lipinski definition) is 3. The number of nitrogens with one attached hydrogen (secondary N) is 1. The lowest BCUT2D eigenvalue weighted by Crippen LogP contribution is -2.50. The monoisotopic (exact) mass is 465 g/mol. The molecule has 0 amide bonds. The first-order valence-electron chi connectivity index (χ1n) is 11.0. The zero-order chi connectivity index (χ0) is 21.1. The Bertz CT molecular complexity index is 859. The van der Waals surface area contributed by atoms with Crippen LogP contribution >= 0.6 is 34.8 Å². The van der Waals surface area contributed by atoms with Crippen LogP contribution in [-0.4, -0.2) is 37.1 Å². The maximum Gasteiger partial charge on any atom is 0.0639 e. The summed E-state index contributed by atoms with van der Waals surface area (Å²) in [6.07, 6.45) is 6.96. The molecular weight excluding hydrogens is 437 g/mol. The smallest absolute Gasteiger partial charge is 0.0639 e. The van der Waals surface area contributed by atoms with Crippen LogP contribution in [0.25, 0.3) is 0 Å². The Labute approximate surface area is 195 Å². The van der Waals surface area contributed by atoms with Crippen LogP contribution in [0.5, 0.6) is 0 Å². The summed E-state index contributed by atoms with van der Waals surface area (Å²) in [5.41, 5.74) is 3.16. The number of hydrogen-bond donors (Lipinski definition) is 1. The van der Waals surface area contributed by atoms with Crippen molar-refractivity contribution < 1.29 is 0 Å². The molecule has 2 aromatic rings. The summed E-state index contributed by atoms with van der Waals surface area (Å²) in [6, 6.07) is 12.7. The van der Waals surface area contributed by atoms with Crippen molar-refractivity contribution in [2.24, 2.45) is 0 Å². The molecule has 0 spiro atoms. The molecule has 6 heteroatoms. The summed E-state index contributed by atoms with van der Waals surface area (Å²) in [5.74, 6) is 0. The van der Waals surface area contributed by atoms with E-state index >= 15 is 0 Å². The van der Waals surface area contributed by atoms with Crippen LogP contribution in [0.4, 0.5) is 11.4 Å². The second-order valence-electron chi connectivity index (χ2n) is 8.51. The number of halogens is 3. The summed E-state index contributed by atoms with van der Waals surface area (Å²) < 4.78 is 0. The van der Waals surface area contributed by atoms with Crippen molar-refractivity contribution in [3.8, 4) is 0 Å². The molecule has 2 fully saturated rings. The van der Waals surface area contributed by atoms with Crippen molar-refractivity contribution >= 4 is 46.2 Å². The Morgan fingerprint density at radius 1 is 0.867 bits per heavy atom. The van der Waals surface area contributed by atoms with Gasteiger partial charge in [0, 0.05) is 48.0 Å². The van der Waals surface area contributed by atoms with Gasteiger partial charge in [0.05, 0.1) is 16.8 Å². The van der Waals surface area contributed by atoms with Gasteiger partial charge in [0.2, 0.25) is 0 Å². The van der Waals surface area contributed by atoms with E-state index in [1.165, 1.54) is 37.8 Å². The van der Waals surface area contributed by atoms with Crippen LogP contribution in [0.3, 0.4) is 0 Å². The van der Waals surface area contributed by atoms with Gasteiger partial charge in [0.15, 0.2) is 0 Å². The molecule has 1 heterocycles. The van der Waals surface area contributed by atoms with E-state index in [9.17, 15) is 0 Å². The molecule has 1 N–H and O–H groups in total. The number of benzene rings is 2. The molecule has 1 saturated carbocycles. The van der Waals surface area contributed by atoms with Crippen LogP contribution in [0.15, 0.2) is 36.4 Å². The molecular formula is C24H30Cl3N3. The number of rotatable bonds is 5. The molecule has 3 nitrogen and oxygen atoms in total. The minimum atomic E-state index is 0.0191. The van der Waals surface area contributed by atoms with Gasteiger partial charge >= 0.3 is 0 Å². The molecule has 0 radical (unpaired) electrons. The van der Waals surface area contributed by atoms with Crippen molar-refractivity contribution in [1.82, 2.24) is 4.90 Å². The fourth-order valence-corrected chi connectivity index (χ4v) is 5.52. The molecule has 30 heavy (non-hydrogen) atoms. The average Bonchev–Trinajstić information content (AvgIpc) is 2.76.